The summed E-state index contributed by atoms with van der Waals surface area (Å²) < 4.78 is 6.48. The fraction of sp³-hybridized carbons (Fsp3) is 0.312. The molecule has 1 aliphatic heterocycles. The van der Waals surface area contributed by atoms with Crippen molar-refractivity contribution in [3.8, 4) is 0 Å². The maximum absolute atomic E-state index is 12.3. The number of rotatable bonds is 3. The van der Waals surface area contributed by atoms with E-state index in [1.807, 2.05) is 0 Å². The van der Waals surface area contributed by atoms with Crippen molar-refractivity contribution in [2.75, 3.05) is 26.2 Å². The number of nitrogens with zero attached hydrogens (tertiary/aromatic N) is 3. The summed E-state index contributed by atoms with van der Waals surface area (Å²) >= 11 is 0. The van der Waals surface area contributed by atoms with Gasteiger partial charge >= 0.3 is 0 Å². The molecule has 23 heavy (non-hydrogen) atoms. The molecule has 0 aliphatic carbocycles. The van der Waals surface area contributed by atoms with Crippen molar-refractivity contribution >= 4 is 11.8 Å². The van der Waals surface area contributed by atoms with Crippen LogP contribution in [0.4, 0.5) is 0 Å². The highest BCUT2D eigenvalue weighted by Crippen LogP contribution is 2.09. The van der Waals surface area contributed by atoms with E-state index in [-0.39, 0.29) is 23.9 Å². The zero-order valence-electron chi connectivity index (χ0n) is 12.6. The monoisotopic (exact) mass is 315 g/mol. The Morgan fingerprint density at radius 1 is 1.00 bits per heavy atom. The molecular weight excluding hydrogens is 298 g/mol. The first-order chi connectivity index (χ1) is 11.1. The summed E-state index contributed by atoms with van der Waals surface area (Å²) in [4.78, 5) is 39.4. The molecule has 0 bridgehead atoms. The van der Waals surface area contributed by atoms with Crippen molar-refractivity contribution in [3.63, 3.8) is 0 Å². The summed E-state index contributed by atoms with van der Waals surface area (Å²) in [5.41, 5.74) is -0.201. The van der Waals surface area contributed by atoms with Gasteiger partial charge in [0, 0.05) is 38.4 Å². The van der Waals surface area contributed by atoms with E-state index in [1.54, 1.807) is 40.3 Å². The molecular formula is C16H17N3O4. The highest BCUT2D eigenvalue weighted by Gasteiger charge is 2.26. The first-order valence-corrected chi connectivity index (χ1v) is 7.41. The standard InChI is InChI=1S/C16H17N3O4/c20-14-5-1-2-6-19(14)12-15(21)17-7-9-18(10-8-17)16(22)13-4-3-11-23-13/h1-6,11H,7-10,12H2. The summed E-state index contributed by atoms with van der Waals surface area (Å²) in [5, 5.41) is 0. The van der Waals surface area contributed by atoms with Crippen molar-refractivity contribution in [2.45, 2.75) is 6.54 Å². The number of aromatic nitrogens is 1. The SMILES string of the molecule is O=C(Cn1ccccc1=O)N1CCN(C(=O)c2ccco2)CC1. The number of carbonyl (C=O) groups is 2. The van der Waals surface area contributed by atoms with E-state index < -0.39 is 0 Å². The molecule has 1 aliphatic rings. The Labute approximate surface area is 132 Å². The minimum atomic E-state index is -0.201. The molecule has 0 unspecified atom stereocenters. The number of amides is 2. The maximum Gasteiger partial charge on any atom is 0.289 e. The van der Waals surface area contributed by atoms with Gasteiger partial charge in [0.25, 0.3) is 11.5 Å². The second-order valence-corrected chi connectivity index (χ2v) is 5.32. The highest BCUT2D eigenvalue weighted by atomic mass is 16.3. The third kappa shape index (κ3) is 3.33. The van der Waals surface area contributed by atoms with Gasteiger partial charge in [-0.3, -0.25) is 14.4 Å². The molecule has 0 aromatic carbocycles. The predicted molar refractivity (Wildman–Crippen MR) is 81.9 cm³/mol. The second-order valence-electron chi connectivity index (χ2n) is 5.32. The lowest BCUT2D eigenvalue weighted by molar-refractivity contribution is -0.133. The highest BCUT2D eigenvalue weighted by molar-refractivity contribution is 5.91. The lowest BCUT2D eigenvalue weighted by Crippen LogP contribution is -2.51. The average Bonchev–Trinajstić information content (AvgIpc) is 3.11. The molecule has 7 nitrogen and oxygen atoms in total. The zero-order valence-corrected chi connectivity index (χ0v) is 12.6. The van der Waals surface area contributed by atoms with Crippen LogP contribution in [0.15, 0.2) is 52.0 Å². The molecule has 120 valence electrons. The summed E-state index contributed by atoms with van der Waals surface area (Å²) in [6.45, 7) is 1.83. The molecule has 1 saturated heterocycles. The predicted octanol–water partition coefficient (Wildman–Crippen LogP) is 0.426. The van der Waals surface area contributed by atoms with Gasteiger partial charge in [0.15, 0.2) is 5.76 Å². The van der Waals surface area contributed by atoms with Crippen molar-refractivity contribution in [2.24, 2.45) is 0 Å². The van der Waals surface area contributed by atoms with Crippen LogP contribution in [-0.4, -0.2) is 52.4 Å². The molecule has 1 fully saturated rings. The van der Waals surface area contributed by atoms with Gasteiger partial charge in [-0.25, -0.2) is 0 Å². The van der Waals surface area contributed by atoms with E-state index in [0.717, 1.165) is 0 Å². The van der Waals surface area contributed by atoms with Gasteiger partial charge in [-0.05, 0) is 18.2 Å². The summed E-state index contributed by atoms with van der Waals surface area (Å²) in [6, 6.07) is 8.08. The molecule has 0 N–H and O–H groups in total. The van der Waals surface area contributed by atoms with Gasteiger partial charge in [0.2, 0.25) is 5.91 Å². The molecule has 2 aromatic rings. The fourth-order valence-corrected chi connectivity index (χ4v) is 2.55. The van der Waals surface area contributed by atoms with Crippen molar-refractivity contribution in [1.29, 1.82) is 0 Å². The number of pyridine rings is 1. The molecule has 3 rings (SSSR count). The fourth-order valence-electron chi connectivity index (χ4n) is 2.55. The van der Waals surface area contributed by atoms with E-state index in [0.29, 0.717) is 31.9 Å². The summed E-state index contributed by atoms with van der Waals surface area (Å²) in [5.74, 6) is 0.0189. The molecule has 7 heteroatoms. The molecule has 0 radical (unpaired) electrons. The topological polar surface area (TPSA) is 75.8 Å². The van der Waals surface area contributed by atoms with E-state index >= 15 is 0 Å². The van der Waals surface area contributed by atoms with Crippen LogP contribution in [-0.2, 0) is 11.3 Å². The van der Waals surface area contributed by atoms with Crippen LogP contribution in [0.2, 0.25) is 0 Å². The van der Waals surface area contributed by atoms with Gasteiger partial charge < -0.3 is 18.8 Å². The summed E-state index contributed by atoms with van der Waals surface area (Å²) in [7, 11) is 0. The van der Waals surface area contributed by atoms with E-state index in [4.69, 9.17) is 4.42 Å². The van der Waals surface area contributed by atoms with Crippen molar-refractivity contribution in [3.05, 3.63) is 58.9 Å². The number of furan rings is 1. The molecule has 2 aromatic heterocycles. The Balaban J connectivity index is 1.56. The Kier molecular flexibility index (Phi) is 4.27. The van der Waals surface area contributed by atoms with Crippen LogP contribution in [0.25, 0.3) is 0 Å². The van der Waals surface area contributed by atoms with Crippen LogP contribution < -0.4 is 5.56 Å². The molecule has 2 amide bonds. The first kappa shape index (κ1) is 15.1. The van der Waals surface area contributed by atoms with E-state index in [2.05, 4.69) is 0 Å². The largest absolute Gasteiger partial charge is 0.459 e. The van der Waals surface area contributed by atoms with E-state index in [9.17, 15) is 14.4 Å². The third-order valence-electron chi connectivity index (χ3n) is 3.86. The van der Waals surface area contributed by atoms with Gasteiger partial charge in [-0.2, -0.15) is 0 Å². The van der Waals surface area contributed by atoms with Crippen LogP contribution in [0, 0.1) is 0 Å². The van der Waals surface area contributed by atoms with E-state index in [1.165, 1.54) is 16.9 Å². The third-order valence-corrected chi connectivity index (χ3v) is 3.86. The minimum Gasteiger partial charge on any atom is -0.459 e. The van der Waals surface area contributed by atoms with Gasteiger partial charge in [0.1, 0.15) is 6.54 Å². The second kappa shape index (κ2) is 6.51. The van der Waals surface area contributed by atoms with Gasteiger partial charge in [-0.1, -0.05) is 6.07 Å². The number of hydrogen-bond acceptors (Lipinski definition) is 4. The molecule has 0 saturated carbocycles. The molecule has 0 atom stereocenters. The molecule has 0 spiro atoms. The number of piperazine rings is 1. The lowest BCUT2D eigenvalue weighted by Gasteiger charge is -2.34. The van der Waals surface area contributed by atoms with Gasteiger partial charge in [0.05, 0.1) is 6.26 Å². The van der Waals surface area contributed by atoms with Crippen LogP contribution in [0.1, 0.15) is 10.6 Å². The number of hydrogen-bond donors (Lipinski definition) is 0. The Hall–Kier alpha value is -2.83. The summed E-state index contributed by atoms with van der Waals surface area (Å²) in [6.07, 6.45) is 3.06. The van der Waals surface area contributed by atoms with Gasteiger partial charge in [-0.15, -0.1) is 0 Å². The number of carbonyl (C=O) groups excluding carboxylic acids is 2. The maximum atomic E-state index is 12.3. The molecule has 3 heterocycles. The minimum absolute atomic E-state index is 0.0196. The Morgan fingerprint density at radius 2 is 1.74 bits per heavy atom. The zero-order chi connectivity index (χ0) is 16.2. The smallest absolute Gasteiger partial charge is 0.289 e. The normalized spacial score (nSPS) is 14.8. The average molecular weight is 315 g/mol. The Morgan fingerprint density at radius 3 is 2.39 bits per heavy atom. The van der Waals surface area contributed by atoms with Crippen LogP contribution in [0.5, 0.6) is 0 Å². The van der Waals surface area contributed by atoms with Crippen molar-refractivity contribution in [1.82, 2.24) is 14.4 Å². The van der Waals surface area contributed by atoms with Crippen LogP contribution >= 0.6 is 0 Å². The lowest BCUT2D eigenvalue weighted by atomic mass is 10.2. The first-order valence-electron chi connectivity index (χ1n) is 7.41. The van der Waals surface area contributed by atoms with Crippen LogP contribution in [0.3, 0.4) is 0 Å². The van der Waals surface area contributed by atoms with Crippen molar-refractivity contribution < 1.29 is 14.0 Å². The Bertz CT molecular complexity index is 743. The quantitative estimate of drug-likeness (QED) is 0.823.